The number of carbonyl (C=O) groups is 1. The molecule has 166 valence electrons. The zero-order chi connectivity index (χ0) is 22.2. The minimum absolute atomic E-state index is 0.0987. The van der Waals surface area contributed by atoms with Gasteiger partial charge >= 0.3 is 6.03 Å². The Kier molecular flexibility index (Phi) is 7.62. The van der Waals surface area contributed by atoms with Crippen LogP contribution < -0.4 is 9.64 Å². The van der Waals surface area contributed by atoms with Gasteiger partial charge in [0.25, 0.3) is 0 Å². The van der Waals surface area contributed by atoms with E-state index in [0.29, 0.717) is 6.61 Å². The molecule has 3 aromatic rings. The van der Waals surface area contributed by atoms with E-state index in [1.807, 2.05) is 58.3 Å². The normalized spacial score (nSPS) is 13.6. The summed E-state index contributed by atoms with van der Waals surface area (Å²) in [7, 11) is 0. The van der Waals surface area contributed by atoms with Crippen molar-refractivity contribution in [2.24, 2.45) is 0 Å². The number of aromatic nitrogens is 1. The summed E-state index contributed by atoms with van der Waals surface area (Å²) in [6.07, 6.45) is 7.67. The first-order chi connectivity index (χ1) is 15.7. The third-order valence-electron chi connectivity index (χ3n) is 5.69. The molecule has 1 aliphatic rings. The highest BCUT2D eigenvalue weighted by atomic mass is 35.5. The number of benzene rings is 2. The number of urea groups is 1. The Morgan fingerprint density at radius 2 is 1.47 bits per heavy atom. The van der Waals surface area contributed by atoms with Gasteiger partial charge in [-0.05, 0) is 60.4 Å². The fraction of sp³-hybridized carbons (Fsp3) is 0.308. The molecule has 0 radical (unpaired) electrons. The van der Waals surface area contributed by atoms with E-state index in [1.165, 1.54) is 0 Å². The topological polar surface area (TPSA) is 45.7 Å². The predicted molar refractivity (Wildman–Crippen MR) is 129 cm³/mol. The first-order valence-electron chi connectivity index (χ1n) is 11.2. The Balaban J connectivity index is 1.10. The van der Waals surface area contributed by atoms with Crippen molar-refractivity contribution < 1.29 is 9.53 Å². The van der Waals surface area contributed by atoms with Crippen molar-refractivity contribution in [3.63, 3.8) is 0 Å². The highest BCUT2D eigenvalue weighted by molar-refractivity contribution is 6.30. The lowest BCUT2D eigenvalue weighted by molar-refractivity contribution is 0.219. The fourth-order valence-corrected chi connectivity index (χ4v) is 4.01. The third kappa shape index (κ3) is 5.80. The number of carbonyl (C=O) groups excluding carboxylic acids is 1. The number of pyridine rings is 1. The average Bonchev–Trinajstić information content (AvgIpc) is 3.20. The highest BCUT2D eigenvalue weighted by Crippen LogP contribution is 2.24. The summed E-state index contributed by atoms with van der Waals surface area (Å²) in [6, 6.07) is 19.9. The van der Waals surface area contributed by atoms with Gasteiger partial charge in [-0.15, -0.1) is 0 Å². The molecule has 1 fully saturated rings. The van der Waals surface area contributed by atoms with Crippen LogP contribution in [-0.4, -0.2) is 42.2 Å². The average molecular weight is 450 g/mol. The summed E-state index contributed by atoms with van der Waals surface area (Å²) in [4.78, 5) is 20.4. The van der Waals surface area contributed by atoms with Gasteiger partial charge in [-0.3, -0.25) is 9.88 Å². The van der Waals surface area contributed by atoms with Crippen molar-refractivity contribution in [1.29, 1.82) is 0 Å². The van der Waals surface area contributed by atoms with E-state index in [4.69, 9.17) is 16.3 Å². The molecule has 2 amide bonds. The zero-order valence-electron chi connectivity index (χ0n) is 18.1. The van der Waals surface area contributed by atoms with Crippen molar-refractivity contribution in [1.82, 2.24) is 9.88 Å². The summed E-state index contributed by atoms with van der Waals surface area (Å²) in [6.45, 7) is 3.05. The highest BCUT2D eigenvalue weighted by Gasteiger charge is 2.28. The number of nitrogens with zero attached hydrogens (tertiary/aromatic N) is 3. The molecule has 5 nitrogen and oxygen atoms in total. The second-order valence-corrected chi connectivity index (χ2v) is 8.36. The monoisotopic (exact) mass is 449 g/mol. The maximum Gasteiger partial charge on any atom is 0.324 e. The van der Waals surface area contributed by atoms with E-state index in [1.54, 1.807) is 12.4 Å². The van der Waals surface area contributed by atoms with Crippen molar-refractivity contribution in [2.45, 2.75) is 25.7 Å². The van der Waals surface area contributed by atoms with E-state index in [9.17, 15) is 4.79 Å². The molecule has 0 N–H and O–H groups in total. The van der Waals surface area contributed by atoms with E-state index < -0.39 is 0 Å². The molecule has 1 saturated heterocycles. The van der Waals surface area contributed by atoms with Crippen LogP contribution in [0.5, 0.6) is 5.75 Å². The van der Waals surface area contributed by atoms with E-state index in [0.717, 1.165) is 72.9 Å². The quantitative estimate of drug-likeness (QED) is 0.342. The maximum atomic E-state index is 12.6. The van der Waals surface area contributed by atoms with Crippen LogP contribution in [0.15, 0.2) is 73.1 Å². The molecule has 0 saturated carbocycles. The number of hydrogen-bond donors (Lipinski definition) is 0. The van der Waals surface area contributed by atoms with Crippen molar-refractivity contribution in [2.75, 3.05) is 31.1 Å². The molecule has 0 bridgehead atoms. The van der Waals surface area contributed by atoms with E-state index in [2.05, 4.69) is 17.1 Å². The lowest BCUT2D eigenvalue weighted by Crippen LogP contribution is -2.32. The van der Waals surface area contributed by atoms with Gasteiger partial charge in [0.2, 0.25) is 0 Å². The number of rotatable bonds is 10. The van der Waals surface area contributed by atoms with Gasteiger partial charge in [0.15, 0.2) is 0 Å². The minimum atomic E-state index is 0.0987. The number of anilines is 1. The van der Waals surface area contributed by atoms with Crippen LogP contribution >= 0.6 is 11.6 Å². The first kappa shape index (κ1) is 22.2. The molecule has 4 rings (SSSR count). The van der Waals surface area contributed by atoms with Gasteiger partial charge in [-0.25, -0.2) is 4.79 Å². The SMILES string of the molecule is O=C1N(CCCCCCOc2ccc(-c3ccc(Cl)cc3)cc2)CCN1c1ccncc1. The Morgan fingerprint density at radius 1 is 0.812 bits per heavy atom. The molecule has 0 spiro atoms. The summed E-state index contributed by atoms with van der Waals surface area (Å²) in [5, 5.41) is 0.743. The summed E-state index contributed by atoms with van der Waals surface area (Å²) in [5.41, 5.74) is 3.21. The molecule has 2 aromatic carbocycles. The Bertz CT molecular complexity index is 994. The molecular weight excluding hydrogens is 422 g/mol. The number of halogens is 1. The maximum absolute atomic E-state index is 12.6. The van der Waals surface area contributed by atoms with Gasteiger partial charge in [0, 0.05) is 42.7 Å². The summed E-state index contributed by atoms with van der Waals surface area (Å²) in [5.74, 6) is 0.890. The molecule has 0 aliphatic carbocycles. The van der Waals surface area contributed by atoms with Crippen molar-refractivity contribution in [3.05, 3.63) is 78.1 Å². The molecule has 0 unspecified atom stereocenters. The van der Waals surface area contributed by atoms with Gasteiger partial charge in [-0.2, -0.15) is 0 Å². The van der Waals surface area contributed by atoms with Gasteiger partial charge in [0.05, 0.1) is 6.61 Å². The van der Waals surface area contributed by atoms with Crippen LogP contribution in [0.2, 0.25) is 5.02 Å². The molecule has 0 atom stereocenters. The van der Waals surface area contributed by atoms with Crippen LogP contribution in [0.1, 0.15) is 25.7 Å². The van der Waals surface area contributed by atoms with Crippen LogP contribution in [0.25, 0.3) is 11.1 Å². The standard InChI is InChI=1S/C26H28ClN3O2/c27-23-9-5-21(6-10-23)22-7-11-25(12-8-22)32-20-4-2-1-3-17-29-18-19-30(26(29)31)24-13-15-28-16-14-24/h5-16H,1-4,17-20H2. The molecule has 1 aliphatic heterocycles. The lowest BCUT2D eigenvalue weighted by atomic mass is 10.1. The zero-order valence-corrected chi connectivity index (χ0v) is 18.9. The largest absolute Gasteiger partial charge is 0.494 e. The van der Waals surface area contributed by atoms with Gasteiger partial charge < -0.3 is 9.64 Å². The minimum Gasteiger partial charge on any atom is -0.494 e. The molecule has 32 heavy (non-hydrogen) atoms. The Morgan fingerprint density at radius 3 is 2.19 bits per heavy atom. The van der Waals surface area contributed by atoms with Crippen LogP contribution in [0.3, 0.4) is 0 Å². The van der Waals surface area contributed by atoms with E-state index >= 15 is 0 Å². The third-order valence-corrected chi connectivity index (χ3v) is 5.94. The number of ether oxygens (including phenoxy) is 1. The second-order valence-electron chi connectivity index (χ2n) is 7.92. The van der Waals surface area contributed by atoms with Gasteiger partial charge in [-0.1, -0.05) is 48.7 Å². The molecular formula is C26H28ClN3O2. The van der Waals surface area contributed by atoms with Crippen molar-refractivity contribution >= 4 is 23.3 Å². The molecule has 2 heterocycles. The smallest absolute Gasteiger partial charge is 0.324 e. The van der Waals surface area contributed by atoms with Gasteiger partial charge in [0.1, 0.15) is 5.75 Å². The Hall–Kier alpha value is -3.05. The number of unbranched alkanes of at least 4 members (excludes halogenated alkanes) is 3. The second kappa shape index (κ2) is 11.0. The molecule has 1 aromatic heterocycles. The number of hydrogen-bond acceptors (Lipinski definition) is 3. The van der Waals surface area contributed by atoms with Crippen LogP contribution in [0, 0.1) is 0 Å². The molecule has 6 heteroatoms. The van der Waals surface area contributed by atoms with E-state index in [-0.39, 0.29) is 6.03 Å². The first-order valence-corrected chi connectivity index (χ1v) is 11.5. The summed E-state index contributed by atoms with van der Waals surface area (Å²) < 4.78 is 5.88. The lowest BCUT2D eigenvalue weighted by Gasteiger charge is -2.18. The Labute approximate surface area is 194 Å². The fourth-order valence-electron chi connectivity index (χ4n) is 3.89. The van der Waals surface area contributed by atoms with Crippen LogP contribution in [0.4, 0.5) is 10.5 Å². The predicted octanol–water partition coefficient (Wildman–Crippen LogP) is 6.28. The van der Waals surface area contributed by atoms with Crippen molar-refractivity contribution in [3.8, 4) is 16.9 Å². The van der Waals surface area contributed by atoms with Crippen LogP contribution in [-0.2, 0) is 0 Å². The summed E-state index contributed by atoms with van der Waals surface area (Å²) >= 11 is 5.95. The number of amides is 2.